The predicted octanol–water partition coefficient (Wildman–Crippen LogP) is 2.26. The van der Waals surface area contributed by atoms with E-state index in [0.29, 0.717) is 18.1 Å². The molecule has 2 heterocycles. The van der Waals surface area contributed by atoms with Gasteiger partial charge in [0.15, 0.2) is 5.82 Å². The number of hydrogen-bond donors (Lipinski definition) is 1. The molecule has 1 aromatic carbocycles. The van der Waals surface area contributed by atoms with Crippen molar-refractivity contribution in [2.75, 3.05) is 6.54 Å². The quantitative estimate of drug-likeness (QED) is 0.929. The molecular weight excluding hydrogens is 257 g/mol. The Labute approximate surface area is 110 Å². The number of hydrogen-bond acceptors (Lipinski definition) is 4. The number of nitrogens with zero attached hydrogens (tertiary/aromatic N) is 2. The Balaban J connectivity index is 0.00000120. The number of benzene rings is 1. The number of halogens is 2. The summed E-state index contributed by atoms with van der Waals surface area (Å²) < 4.78 is 18.1. The van der Waals surface area contributed by atoms with E-state index < -0.39 is 0 Å². The van der Waals surface area contributed by atoms with E-state index in [4.69, 9.17) is 4.52 Å². The van der Waals surface area contributed by atoms with Gasteiger partial charge in [-0.15, -0.1) is 12.4 Å². The molecule has 1 N–H and O–H groups in total. The Morgan fingerprint density at radius 1 is 1.44 bits per heavy atom. The van der Waals surface area contributed by atoms with Crippen molar-refractivity contribution in [2.24, 2.45) is 0 Å². The van der Waals surface area contributed by atoms with Crippen LogP contribution in [-0.4, -0.2) is 16.7 Å². The molecule has 18 heavy (non-hydrogen) atoms. The lowest BCUT2D eigenvalue weighted by Crippen LogP contribution is -2.35. The lowest BCUT2D eigenvalue weighted by Gasteiger charge is -2.23. The zero-order chi connectivity index (χ0) is 11.7. The topological polar surface area (TPSA) is 51.0 Å². The van der Waals surface area contributed by atoms with Gasteiger partial charge >= 0.3 is 0 Å². The van der Waals surface area contributed by atoms with Crippen LogP contribution in [0.2, 0.25) is 0 Å². The highest BCUT2D eigenvalue weighted by atomic mass is 35.5. The van der Waals surface area contributed by atoms with Crippen LogP contribution in [0.25, 0.3) is 0 Å². The Morgan fingerprint density at radius 3 is 2.94 bits per heavy atom. The lowest BCUT2D eigenvalue weighted by molar-refractivity contribution is 0.272. The van der Waals surface area contributed by atoms with Gasteiger partial charge in [-0.05, 0) is 30.7 Å². The van der Waals surface area contributed by atoms with Crippen molar-refractivity contribution in [3.8, 4) is 0 Å². The van der Waals surface area contributed by atoms with E-state index in [1.165, 1.54) is 12.1 Å². The summed E-state index contributed by atoms with van der Waals surface area (Å²) in [5, 5.41) is 7.09. The number of aromatic nitrogens is 2. The zero-order valence-electron chi connectivity index (χ0n) is 9.60. The van der Waals surface area contributed by atoms with Crippen LogP contribution in [0.3, 0.4) is 0 Å². The van der Waals surface area contributed by atoms with Crippen molar-refractivity contribution in [3.63, 3.8) is 0 Å². The molecule has 4 nitrogen and oxygen atoms in total. The van der Waals surface area contributed by atoms with Crippen LogP contribution in [-0.2, 0) is 6.42 Å². The summed E-state index contributed by atoms with van der Waals surface area (Å²) in [5.41, 5.74) is 0.846. The second-order valence-corrected chi connectivity index (χ2v) is 4.15. The van der Waals surface area contributed by atoms with Gasteiger partial charge in [-0.25, -0.2) is 4.39 Å². The Morgan fingerprint density at radius 2 is 2.28 bits per heavy atom. The first-order valence-corrected chi connectivity index (χ1v) is 5.61. The summed E-state index contributed by atoms with van der Waals surface area (Å²) >= 11 is 0. The molecule has 0 aliphatic carbocycles. The van der Waals surface area contributed by atoms with Crippen LogP contribution in [0.1, 0.15) is 29.7 Å². The minimum atomic E-state index is -0.244. The highest BCUT2D eigenvalue weighted by molar-refractivity contribution is 5.85. The smallest absolute Gasteiger partial charge is 0.243 e. The molecule has 1 aliphatic rings. The van der Waals surface area contributed by atoms with Gasteiger partial charge in [0.2, 0.25) is 5.89 Å². The molecule has 6 heteroatoms. The molecule has 1 fully saturated rings. The van der Waals surface area contributed by atoms with Gasteiger partial charge in [0.05, 0.1) is 6.04 Å². The van der Waals surface area contributed by atoms with E-state index in [1.54, 1.807) is 6.07 Å². The van der Waals surface area contributed by atoms with Gasteiger partial charge in [-0.1, -0.05) is 17.3 Å². The third-order valence-corrected chi connectivity index (χ3v) is 2.86. The van der Waals surface area contributed by atoms with Crippen molar-refractivity contribution in [1.82, 2.24) is 15.5 Å². The van der Waals surface area contributed by atoms with E-state index >= 15 is 0 Å². The van der Waals surface area contributed by atoms with Gasteiger partial charge < -0.3 is 9.84 Å². The van der Waals surface area contributed by atoms with Crippen LogP contribution in [0, 0.1) is 5.82 Å². The SMILES string of the molecule is Cl.Fc1cccc(Cc2noc([C@H]3CCN3)n2)c1. The third kappa shape index (κ3) is 2.68. The van der Waals surface area contributed by atoms with E-state index in [9.17, 15) is 4.39 Å². The van der Waals surface area contributed by atoms with Crippen molar-refractivity contribution >= 4 is 12.4 Å². The van der Waals surface area contributed by atoms with Gasteiger partial charge in [-0.2, -0.15) is 4.98 Å². The summed E-state index contributed by atoms with van der Waals surface area (Å²) in [4.78, 5) is 4.29. The second-order valence-electron chi connectivity index (χ2n) is 4.15. The minimum Gasteiger partial charge on any atom is -0.338 e. The summed E-state index contributed by atoms with van der Waals surface area (Å²) in [7, 11) is 0. The maximum Gasteiger partial charge on any atom is 0.243 e. The average molecular weight is 270 g/mol. The van der Waals surface area contributed by atoms with Gasteiger partial charge in [0, 0.05) is 6.42 Å². The van der Waals surface area contributed by atoms with Crippen LogP contribution in [0.15, 0.2) is 28.8 Å². The first-order chi connectivity index (χ1) is 8.31. The minimum absolute atomic E-state index is 0. The maximum atomic E-state index is 13.0. The molecule has 1 atom stereocenters. The lowest BCUT2D eigenvalue weighted by atomic mass is 10.1. The normalized spacial score (nSPS) is 17.9. The number of nitrogens with one attached hydrogen (secondary N) is 1. The van der Waals surface area contributed by atoms with Crippen LogP contribution in [0.4, 0.5) is 4.39 Å². The molecule has 3 rings (SSSR count). The molecule has 1 saturated heterocycles. The van der Waals surface area contributed by atoms with Crippen LogP contribution >= 0.6 is 12.4 Å². The Bertz CT molecular complexity index is 528. The summed E-state index contributed by atoms with van der Waals surface area (Å²) in [6, 6.07) is 6.63. The average Bonchev–Trinajstić information content (AvgIpc) is 2.63. The van der Waals surface area contributed by atoms with E-state index in [-0.39, 0.29) is 24.3 Å². The Kier molecular flexibility index (Phi) is 3.93. The molecule has 0 amide bonds. The largest absolute Gasteiger partial charge is 0.338 e. The van der Waals surface area contributed by atoms with Crippen LogP contribution < -0.4 is 5.32 Å². The molecule has 0 radical (unpaired) electrons. The molecule has 1 aliphatic heterocycles. The molecule has 0 spiro atoms. The highest BCUT2D eigenvalue weighted by Gasteiger charge is 2.24. The summed E-state index contributed by atoms with van der Waals surface area (Å²) in [5.74, 6) is 0.980. The summed E-state index contributed by atoms with van der Waals surface area (Å²) in [6.07, 6.45) is 1.52. The van der Waals surface area contributed by atoms with E-state index in [0.717, 1.165) is 18.5 Å². The number of rotatable bonds is 3. The molecule has 2 aromatic rings. The fourth-order valence-electron chi connectivity index (χ4n) is 1.81. The van der Waals surface area contributed by atoms with Crippen molar-refractivity contribution in [1.29, 1.82) is 0 Å². The standard InChI is InChI=1S/C12H12FN3O.ClH/c13-9-3-1-2-8(6-9)7-11-15-12(17-16-11)10-4-5-14-10;/h1-3,6,10,14H,4-5,7H2;1H/t10-;/m1./s1. The van der Waals surface area contributed by atoms with Crippen molar-refractivity contribution in [2.45, 2.75) is 18.9 Å². The first kappa shape index (κ1) is 13.0. The molecule has 0 unspecified atom stereocenters. The highest BCUT2D eigenvalue weighted by Crippen LogP contribution is 2.21. The van der Waals surface area contributed by atoms with Gasteiger partial charge in [0.25, 0.3) is 0 Å². The molecule has 0 bridgehead atoms. The summed E-state index contributed by atoms with van der Waals surface area (Å²) in [6.45, 7) is 0.992. The third-order valence-electron chi connectivity index (χ3n) is 2.86. The van der Waals surface area contributed by atoms with E-state index in [2.05, 4.69) is 15.5 Å². The predicted molar refractivity (Wildman–Crippen MR) is 66.1 cm³/mol. The Hall–Kier alpha value is -1.46. The zero-order valence-corrected chi connectivity index (χ0v) is 10.4. The fourth-order valence-corrected chi connectivity index (χ4v) is 1.81. The fraction of sp³-hybridized carbons (Fsp3) is 0.333. The van der Waals surface area contributed by atoms with Gasteiger partial charge in [-0.3, -0.25) is 0 Å². The molecule has 96 valence electrons. The van der Waals surface area contributed by atoms with Gasteiger partial charge in [0.1, 0.15) is 5.82 Å². The van der Waals surface area contributed by atoms with Crippen molar-refractivity contribution in [3.05, 3.63) is 47.4 Å². The van der Waals surface area contributed by atoms with Crippen molar-refractivity contribution < 1.29 is 8.91 Å². The molecule has 0 saturated carbocycles. The molecule has 1 aromatic heterocycles. The van der Waals surface area contributed by atoms with Crippen LogP contribution in [0.5, 0.6) is 0 Å². The molecular formula is C12H13ClFN3O. The second kappa shape index (κ2) is 5.46. The monoisotopic (exact) mass is 269 g/mol. The van der Waals surface area contributed by atoms with E-state index in [1.807, 2.05) is 6.07 Å². The maximum absolute atomic E-state index is 13.0. The first-order valence-electron chi connectivity index (χ1n) is 5.61.